The van der Waals surface area contributed by atoms with Crippen LogP contribution in [-0.2, 0) is 4.79 Å². The van der Waals surface area contributed by atoms with Gasteiger partial charge in [0.25, 0.3) is 0 Å². The minimum Gasteiger partial charge on any atom is -0.325 e. The van der Waals surface area contributed by atoms with Crippen LogP contribution >= 0.6 is 34.4 Å². The Morgan fingerprint density at radius 1 is 1.25 bits per heavy atom. The van der Waals surface area contributed by atoms with Gasteiger partial charge in [0.05, 0.1) is 5.75 Å². The van der Waals surface area contributed by atoms with Crippen LogP contribution in [0.15, 0.2) is 35.5 Å². The van der Waals surface area contributed by atoms with Gasteiger partial charge >= 0.3 is 0 Å². The summed E-state index contributed by atoms with van der Waals surface area (Å²) in [7, 11) is 0. The Kier molecular flexibility index (Phi) is 5.36. The molecule has 1 heterocycles. The van der Waals surface area contributed by atoms with Crippen LogP contribution in [0.5, 0.6) is 0 Å². The highest BCUT2D eigenvalue weighted by Gasteiger charge is 2.06. The maximum atomic E-state index is 11.9. The van der Waals surface area contributed by atoms with Crippen LogP contribution in [0, 0.1) is 17.4 Å². The van der Waals surface area contributed by atoms with Crippen molar-refractivity contribution in [3.8, 4) is 0 Å². The second-order valence-corrected chi connectivity index (χ2v) is 6.47. The zero-order valence-electron chi connectivity index (χ0n) is 11.2. The van der Waals surface area contributed by atoms with Crippen molar-refractivity contribution < 1.29 is 4.79 Å². The van der Waals surface area contributed by atoms with Gasteiger partial charge in [0.1, 0.15) is 0 Å². The molecule has 2 aromatic rings. The Bertz CT molecular complexity index is 613. The van der Waals surface area contributed by atoms with Gasteiger partial charge in [-0.1, -0.05) is 17.8 Å². The minimum atomic E-state index is -0.0558. The molecule has 0 aliphatic carbocycles. The van der Waals surface area contributed by atoms with E-state index in [9.17, 15) is 4.79 Å². The summed E-state index contributed by atoms with van der Waals surface area (Å²) in [6, 6.07) is 9.61. The van der Waals surface area contributed by atoms with Gasteiger partial charge in [0.2, 0.25) is 5.91 Å². The topological polar surface area (TPSA) is 54.9 Å². The van der Waals surface area contributed by atoms with Gasteiger partial charge in [0, 0.05) is 20.6 Å². The van der Waals surface area contributed by atoms with E-state index in [0.717, 1.165) is 20.6 Å². The molecule has 4 nitrogen and oxygen atoms in total. The Hall–Kier alpha value is -1.15. The molecular weight excluding hydrogens is 385 g/mol. The average Bonchev–Trinajstić information content (AvgIpc) is 2.35. The summed E-state index contributed by atoms with van der Waals surface area (Å²) in [6.45, 7) is 3.84. The van der Waals surface area contributed by atoms with E-state index in [4.69, 9.17) is 0 Å². The summed E-state index contributed by atoms with van der Waals surface area (Å²) in [5.74, 6) is 0.244. The number of halogens is 1. The molecular formula is C14H14IN3OS. The standard InChI is InChI=1S/C14H14IN3OS/c1-9-6-10(2)17-14(16-9)20-8-13(19)18-12-5-3-4-11(15)7-12/h3-7H,8H2,1-2H3,(H,18,19). The lowest BCUT2D eigenvalue weighted by molar-refractivity contribution is -0.113. The number of hydrogen-bond acceptors (Lipinski definition) is 4. The fourth-order valence-electron chi connectivity index (χ4n) is 1.65. The van der Waals surface area contributed by atoms with Crippen molar-refractivity contribution in [1.82, 2.24) is 9.97 Å². The smallest absolute Gasteiger partial charge is 0.234 e. The van der Waals surface area contributed by atoms with Crippen LogP contribution in [-0.4, -0.2) is 21.6 Å². The van der Waals surface area contributed by atoms with Crippen molar-refractivity contribution in [2.45, 2.75) is 19.0 Å². The van der Waals surface area contributed by atoms with Crippen molar-refractivity contribution in [3.05, 3.63) is 45.3 Å². The molecule has 20 heavy (non-hydrogen) atoms. The molecule has 1 aromatic heterocycles. The van der Waals surface area contributed by atoms with E-state index in [-0.39, 0.29) is 5.91 Å². The van der Waals surface area contributed by atoms with Crippen LogP contribution in [0.4, 0.5) is 5.69 Å². The van der Waals surface area contributed by atoms with Crippen LogP contribution < -0.4 is 5.32 Å². The third-order valence-corrected chi connectivity index (χ3v) is 3.92. The first-order chi connectivity index (χ1) is 9.52. The lowest BCUT2D eigenvalue weighted by Crippen LogP contribution is -2.14. The SMILES string of the molecule is Cc1cc(C)nc(SCC(=O)Nc2cccc(I)c2)n1. The van der Waals surface area contributed by atoms with E-state index >= 15 is 0 Å². The van der Waals surface area contributed by atoms with Crippen LogP contribution in [0.3, 0.4) is 0 Å². The first-order valence-electron chi connectivity index (χ1n) is 6.03. The van der Waals surface area contributed by atoms with Crippen molar-refractivity contribution in [2.24, 2.45) is 0 Å². The quantitative estimate of drug-likeness (QED) is 0.486. The normalized spacial score (nSPS) is 10.3. The van der Waals surface area contributed by atoms with Gasteiger partial charge in [-0.25, -0.2) is 9.97 Å². The lowest BCUT2D eigenvalue weighted by Gasteiger charge is -2.05. The number of aryl methyl sites for hydroxylation is 2. The first-order valence-corrected chi connectivity index (χ1v) is 8.10. The number of aromatic nitrogens is 2. The largest absolute Gasteiger partial charge is 0.325 e. The monoisotopic (exact) mass is 399 g/mol. The zero-order valence-corrected chi connectivity index (χ0v) is 14.2. The summed E-state index contributed by atoms with van der Waals surface area (Å²) in [5.41, 5.74) is 2.64. The summed E-state index contributed by atoms with van der Waals surface area (Å²) >= 11 is 3.56. The molecule has 0 saturated carbocycles. The maximum Gasteiger partial charge on any atom is 0.234 e. The fraction of sp³-hybridized carbons (Fsp3) is 0.214. The third-order valence-electron chi connectivity index (χ3n) is 2.40. The molecule has 6 heteroatoms. The molecule has 0 bridgehead atoms. The average molecular weight is 399 g/mol. The van der Waals surface area contributed by atoms with Gasteiger partial charge in [-0.3, -0.25) is 4.79 Å². The lowest BCUT2D eigenvalue weighted by atomic mass is 10.3. The number of anilines is 1. The van der Waals surface area contributed by atoms with Gasteiger partial charge in [-0.05, 0) is 60.7 Å². The molecule has 1 N–H and O–H groups in total. The molecule has 0 fully saturated rings. The highest BCUT2D eigenvalue weighted by atomic mass is 127. The van der Waals surface area contributed by atoms with E-state index in [0.29, 0.717) is 10.9 Å². The minimum absolute atomic E-state index is 0.0558. The van der Waals surface area contributed by atoms with Gasteiger partial charge in [-0.15, -0.1) is 0 Å². The summed E-state index contributed by atoms with van der Waals surface area (Å²) < 4.78 is 1.09. The predicted molar refractivity (Wildman–Crippen MR) is 90.0 cm³/mol. The second kappa shape index (κ2) is 7.03. The fourth-order valence-corrected chi connectivity index (χ4v) is 2.94. The number of nitrogens with zero attached hydrogens (tertiary/aromatic N) is 2. The molecule has 0 spiro atoms. The summed E-state index contributed by atoms with van der Waals surface area (Å²) in [4.78, 5) is 20.5. The van der Waals surface area contributed by atoms with Crippen LogP contribution in [0.25, 0.3) is 0 Å². The summed E-state index contributed by atoms with van der Waals surface area (Å²) in [5, 5.41) is 3.50. The Balaban J connectivity index is 1.92. The highest BCUT2D eigenvalue weighted by Crippen LogP contribution is 2.16. The van der Waals surface area contributed by atoms with Crippen LogP contribution in [0.1, 0.15) is 11.4 Å². The number of nitrogens with one attached hydrogen (secondary N) is 1. The summed E-state index contributed by atoms with van der Waals surface area (Å²) in [6.07, 6.45) is 0. The number of amides is 1. The predicted octanol–water partition coefficient (Wildman–Crippen LogP) is 3.43. The van der Waals surface area contributed by atoms with Gasteiger partial charge < -0.3 is 5.32 Å². The third kappa shape index (κ3) is 4.75. The molecule has 1 aromatic carbocycles. The number of rotatable bonds is 4. The molecule has 0 aliphatic rings. The molecule has 0 atom stereocenters. The molecule has 0 unspecified atom stereocenters. The molecule has 104 valence electrons. The Morgan fingerprint density at radius 3 is 2.60 bits per heavy atom. The van der Waals surface area contributed by atoms with E-state index in [1.807, 2.05) is 44.2 Å². The number of carbonyl (C=O) groups excluding carboxylic acids is 1. The maximum absolute atomic E-state index is 11.9. The van der Waals surface area contributed by atoms with Crippen molar-refractivity contribution in [2.75, 3.05) is 11.1 Å². The van der Waals surface area contributed by atoms with E-state index in [2.05, 4.69) is 37.9 Å². The number of hydrogen-bond donors (Lipinski definition) is 1. The Morgan fingerprint density at radius 2 is 1.95 bits per heavy atom. The number of benzene rings is 1. The second-order valence-electron chi connectivity index (χ2n) is 4.28. The van der Waals surface area contributed by atoms with Crippen LogP contribution in [0.2, 0.25) is 0 Å². The first kappa shape index (κ1) is 15.2. The highest BCUT2D eigenvalue weighted by molar-refractivity contribution is 14.1. The van der Waals surface area contributed by atoms with E-state index < -0.39 is 0 Å². The molecule has 0 radical (unpaired) electrons. The van der Waals surface area contributed by atoms with Gasteiger partial charge in [-0.2, -0.15) is 0 Å². The van der Waals surface area contributed by atoms with Gasteiger partial charge in [0.15, 0.2) is 5.16 Å². The Labute approximate surface area is 135 Å². The van der Waals surface area contributed by atoms with Crippen molar-refractivity contribution >= 4 is 45.9 Å². The van der Waals surface area contributed by atoms with Crippen molar-refractivity contribution in [3.63, 3.8) is 0 Å². The molecule has 1 amide bonds. The van der Waals surface area contributed by atoms with E-state index in [1.165, 1.54) is 11.8 Å². The number of carbonyl (C=O) groups is 1. The molecule has 2 rings (SSSR count). The zero-order chi connectivity index (χ0) is 14.5. The molecule has 0 aliphatic heterocycles. The molecule has 0 saturated heterocycles. The van der Waals surface area contributed by atoms with Crippen molar-refractivity contribution in [1.29, 1.82) is 0 Å². The van der Waals surface area contributed by atoms with E-state index in [1.54, 1.807) is 0 Å². The number of thioether (sulfide) groups is 1.